The first kappa shape index (κ1) is 24.5. The van der Waals surface area contributed by atoms with Crippen LogP contribution >= 0.6 is 0 Å². The van der Waals surface area contributed by atoms with E-state index in [0.29, 0.717) is 5.91 Å². The number of carbonyl (C=O) groups is 1. The minimum Gasteiger partial charge on any atom is -0.346 e. The van der Waals surface area contributed by atoms with Crippen molar-refractivity contribution in [3.63, 3.8) is 0 Å². The van der Waals surface area contributed by atoms with Gasteiger partial charge in [0, 0.05) is 19.5 Å². The normalized spacial score (nSPS) is 12.3. The molecule has 0 radical (unpaired) electrons. The molecule has 25 heavy (non-hydrogen) atoms. The number of rotatable bonds is 18. The third kappa shape index (κ3) is 15.4. The molecule has 0 saturated carbocycles. The number of nitrogens with zero attached hydrogens (tertiary/aromatic N) is 1. The number of unbranched alkanes of at least 4 members (excludes halogenated alkanes) is 13. The second kappa shape index (κ2) is 18.3. The second-order valence-electron chi connectivity index (χ2n) is 8.05. The molecule has 150 valence electrons. The van der Waals surface area contributed by atoms with Crippen LogP contribution in [0.5, 0.6) is 0 Å². The summed E-state index contributed by atoms with van der Waals surface area (Å²) in [7, 11) is 1.94. The van der Waals surface area contributed by atoms with E-state index in [1.807, 2.05) is 11.9 Å². The van der Waals surface area contributed by atoms with Crippen LogP contribution in [0.4, 0.5) is 0 Å². The molecule has 0 rings (SSSR count). The largest absolute Gasteiger partial charge is 0.346 e. The van der Waals surface area contributed by atoms with Gasteiger partial charge in [-0.05, 0) is 12.8 Å². The van der Waals surface area contributed by atoms with Crippen LogP contribution in [0.3, 0.4) is 0 Å². The van der Waals surface area contributed by atoms with Crippen molar-refractivity contribution in [1.82, 2.24) is 4.90 Å². The molecule has 1 unspecified atom stereocenters. The van der Waals surface area contributed by atoms with Gasteiger partial charge in [-0.3, -0.25) is 4.79 Å². The van der Waals surface area contributed by atoms with E-state index in [1.165, 1.54) is 89.9 Å². The van der Waals surface area contributed by atoms with E-state index in [9.17, 15) is 4.79 Å². The van der Waals surface area contributed by atoms with Gasteiger partial charge in [0.05, 0.1) is 0 Å². The minimum absolute atomic E-state index is 0.203. The molecule has 1 atom stereocenters. The number of hydrogen-bond acceptors (Lipinski definition) is 1. The topological polar surface area (TPSA) is 20.3 Å². The van der Waals surface area contributed by atoms with Crippen molar-refractivity contribution in [3.05, 3.63) is 0 Å². The Labute approximate surface area is 159 Å². The molecule has 0 aliphatic heterocycles. The average Bonchev–Trinajstić information content (AvgIpc) is 2.61. The van der Waals surface area contributed by atoms with Gasteiger partial charge in [-0.15, -0.1) is 0 Å². The van der Waals surface area contributed by atoms with Gasteiger partial charge < -0.3 is 4.90 Å². The zero-order valence-electron chi connectivity index (χ0n) is 18.0. The molecule has 0 aliphatic carbocycles. The Morgan fingerprint density at radius 1 is 0.680 bits per heavy atom. The average molecular weight is 354 g/mol. The molecule has 0 saturated heterocycles. The van der Waals surface area contributed by atoms with E-state index in [0.717, 1.165) is 19.4 Å². The first-order valence-electron chi connectivity index (χ1n) is 11.4. The second-order valence-corrected chi connectivity index (χ2v) is 8.05. The van der Waals surface area contributed by atoms with Crippen molar-refractivity contribution in [2.45, 2.75) is 124 Å². The smallest absolute Gasteiger partial charge is 0.225 e. The molecular weight excluding hydrogens is 306 g/mol. The molecule has 0 N–H and O–H groups in total. The van der Waals surface area contributed by atoms with Crippen molar-refractivity contribution >= 4 is 5.91 Å². The maximum Gasteiger partial charge on any atom is 0.225 e. The molecule has 0 aromatic heterocycles. The van der Waals surface area contributed by atoms with Gasteiger partial charge >= 0.3 is 0 Å². The molecule has 0 aromatic carbocycles. The van der Waals surface area contributed by atoms with Crippen molar-refractivity contribution in [3.8, 4) is 0 Å². The summed E-state index contributed by atoms with van der Waals surface area (Å²) in [5.74, 6) is 0.533. The molecule has 0 aromatic rings. The third-order valence-corrected chi connectivity index (χ3v) is 5.35. The number of amides is 1. The lowest BCUT2D eigenvalue weighted by molar-refractivity contribution is -0.133. The Kier molecular flexibility index (Phi) is 17.9. The molecule has 0 bridgehead atoms. The van der Waals surface area contributed by atoms with Gasteiger partial charge in [0.2, 0.25) is 5.91 Å². The highest BCUT2D eigenvalue weighted by Crippen LogP contribution is 2.16. The Morgan fingerprint density at radius 2 is 1.08 bits per heavy atom. The first-order valence-corrected chi connectivity index (χ1v) is 11.4. The highest BCUT2D eigenvalue weighted by molar-refractivity contribution is 5.78. The molecule has 0 aliphatic rings. The summed E-state index contributed by atoms with van der Waals surface area (Å²) < 4.78 is 0. The summed E-state index contributed by atoms with van der Waals surface area (Å²) in [5, 5.41) is 0. The summed E-state index contributed by atoms with van der Waals surface area (Å²) >= 11 is 0. The standard InChI is InChI=1S/C23H47NO/c1-5-7-8-9-10-11-12-13-14-15-16-17-18-19-20-22(3)23(25)24(4)21-6-2/h22H,5-21H2,1-4H3. The number of hydrogen-bond donors (Lipinski definition) is 0. The fraction of sp³-hybridized carbons (Fsp3) is 0.957. The molecule has 2 heteroatoms. The lowest BCUT2D eigenvalue weighted by atomic mass is 10.00. The highest BCUT2D eigenvalue weighted by Gasteiger charge is 2.15. The van der Waals surface area contributed by atoms with E-state index in [2.05, 4.69) is 20.8 Å². The zero-order chi connectivity index (χ0) is 18.8. The van der Waals surface area contributed by atoms with E-state index in [4.69, 9.17) is 0 Å². The Bertz CT molecular complexity index is 290. The maximum absolute atomic E-state index is 12.1. The summed E-state index contributed by atoms with van der Waals surface area (Å²) in [6, 6.07) is 0. The predicted molar refractivity (Wildman–Crippen MR) is 112 cm³/mol. The predicted octanol–water partition coefficient (Wildman–Crippen LogP) is 7.36. The maximum atomic E-state index is 12.1. The fourth-order valence-electron chi connectivity index (χ4n) is 3.59. The van der Waals surface area contributed by atoms with E-state index in [1.54, 1.807) is 0 Å². The monoisotopic (exact) mass is 353 g/mol. The lowest BCUT2D eigenvalue weighted by Crippen LogP contribution is -2.32. The fourth-order valence-corrected chi connectivity index (χ4v) is 3.59. The van der Waals surface area contributed by atoms with Crippen molar-refractivity contribution in [1.29, 1.82) is 0 Å². The van der Waals surface area contributed by atoms with Crippen LogP contribution in [0.1, 0.15) is 124 Å². The van der Waals surface area contributed by atoms with Gasteiger partial charge in [-0.1, -0.05) is 111 Å². The van der Waals surface area contributed by atoms with Gasteiger partial charge in [-0.2, -0.15) is 0 Å². The summed E-state index contributed by atoms with van der Waals surface area (Å²) in [5.41, 5.74) is 0. The molecule has 1 amide bonds. The molecule has 0 fully saturated rings. The molecule has 2 nitrogen and oxygen atoms in total. The Balaban J connectivity index is 3.29. The van der Waals surface area contributed by atoms with Crippen LogP contribution in [-0.2, 0) is 4.79 Å². The van der Waals surface area contributed by atoms with E-state index in [-0.39, 0.29) is 5.92 Å². The third-order valence-electron chi connectivity index (χ3n) is 5.35. The van der Waals surface area contributed by atoms with Crippen LogP contribution in [0.2, 0.25) is 0 Å². The van der Waals surface area contributed by atoms with E-state index >= 15 is 0 Å². The summed E-state index contributed by atoms with van der Waals surface area (Å²) in [6.07, 6.45) is 21.6. The van der Waals surface area contributed by atoms with Gasteiger partial charge in [0.15, 0.2) is 0 Å². The summed E-state index contributed by atoms with van der Waals surface area (Å²) in [4.78, 5) is 14.0. The Morgan fingerprint density at radius 3 is 1.48 bits per heavy atom. The quantitative estimate of drug-likeness (QED) is 0.236. The van der Waals surface area contributed by atoms with Crippen LogP contribution in [0.15, 0.2) is 0 Å². The van der Waals surface area contributed by atoms with Crippen LogP contribution in [-0.4, -0.2) is 24.4 Å². The van der Waals surface area contributed by atoms with Gasteiger partial charge in [-0.25, -0.2) is 0 Å². The van der Waals surface area contributed by atoms with Crippen LogP contribution in [0.25, 0.3) is 0 Å². The minimum atomic E-state index is 0.203. The highest BCUT2D eigenvalue weighted by atomic mass is 16.2. The molecule has 0 heterocycles. The lowest BCUT2D eigenvalue weighted by Gasteiger charge is -2.20. The summed E-state index contributed by atoms with van der Waals surface area (Å²) in [6.45, 7) is 7.40. The zero-order valence-corrected chi connectivity index (χ0v) is 18.0. The molecule has 0 spiro atoms. The van der Waals surface area contributed by atoms with Crippen LogP contribution in [0, 0.1) is 5.92 Å². The van der Waals surface area contributed by atoms with Gasteiger partial charge in [0.1, 0.15) is 0 Å². The Hall–Kier alpha value is -0.530. The van der Waals surface area contributed by atoms with Crippen LogP contribution < -0.4 is 0 Å². The van der Waals surface area contributed by atoms with Crippen molar-refractivity contribution < 1.29 is 4.79 Å². The van der Waals surface area contributed by atoms with Crippen molar-refractivity contribution in [2.24, 2.45) is 5.92 Å². The SMILES string of the molecule is CCCCCCCCCCCCCCCCC(C)C(=O)N(C)CCC. The first-order chi connectivity index (χ1) is 12.1. The van der Waals surface area contributed by atoms with Crippen molar-refractivity contribution in [2.75, 3.05) is 13.6 Å². The molecular formula is C23H47NO. The van der Waals surface area contributed by atoms with Gasteiger partial charge in [0.25, 0.3) is 0 Å². The number of carbonyl (C=O) groups excluding carboxylic acids is 1. The van der Waals surface area contributed by atoms with E-state index < -0.39 is 0 Å².